The normalized spacial score (nSPS) is 12.8. The quantitative estimate of drug-likeness (QED) is 0.237. The monoisotopic (exact) mass is 552 g/mol. The highest BCUT2D eigenvalue weighted by Crippen LogP contribution is 2.32. The molecule has 0 aromatic heterocycles. The molecule has 2 rings (SSSR count). The maximum absolute atomic E-state index is 13.3. The van der Waals surface area contributed by atoms with Crippen LogP contribution in [0, 0.1) is 11.7 Å². The van der Waals surface area contributed by atoms with Crippen LogP contribution in [0.5, 0.6) is 0 Å². The van der Waals surface area contributed by atoms with E-state index in [2.05, 4.69) is 21.3 Å². The Morgan fingerprint density at radius 2 is 1.54 bits per heavy atom. The first-order chi connectivity index (χ1) is 18.3. The number of ketones is 1. The molecular weight excluding hydrogens is 520 g/mol. The largest absolute Gasteiger partial charge is 0.416 e. The number of halogens is 4. The van der Waals surface area contributed by atoms with Crippen LogP contribution in [0.4, 0.5) is 22.4 Å². The Hall–Kier alpha value is -3.96. The average Bonchev–Trinajstić information content (AvgIpc) is 2.88. The second-order valence-corrected chi connectivity index (χ2v) is 9.31. The first-order valence-corrected chi connectivity index (χ1v) is 12.4. The van der Waals surface area contributed by atoms with Gasteiger partial charge < -0.3 is 21.3 Å². The SMILES string of the molecule is CCC(NC(=O)C(CC(C)C)NC(=O)NCc1ccccc1)C(=O)C(=O)NCc1ccc(F)cc1C(F)(F)F. The highest BCUT2D eigenvalue weighted by atomic mass is 19.4. The van der Waals surface area contributed by atoms with Crippen LogP contribution in [0.3, 0.4) is 0 Å². The Bertz CT molecular complexity index is 1160. The summed E-state index contributed by atoms with van der Waals surface area (Å²) in [6.45, 7) is 4.76. The van der Waals surface area contributed by atoms with Gasteiger partial charge in [0.25, 0.3) is 5.91 Å². The molecule has 2 aromatic carbocycles. The molecule has 0 aliphatic heterocycles. The lowest BCUT2D eigenvalue weighted by Crippen LogP contribution is -2.55. The van der Waals surface area contributed by atoms with Crippen molar-refractivity contribution in [2.75, 3.05) is 0 Å². The number of hydrogen-bond donors (Lipinski definition) is 4. The molecule has 0 spiro atoms. The first kappa shape index (κ1) is 31.3. The fourth-order valence-corrected chi connectivity index (χ4v) is 3.70. The fourth-order valence-electron chi connectivity index (χ4n) is 3.70. The predicted molar refractivity (Wildman–Crippen MR) is 136 cm³/mol. The number of hydrogen-bond acceptors (Lipinski definition) is 4. The number of benzene rings is 2. The first-order valence-electron chi connectivity index (χ1n) is 12.4. The molecule has 4 amide bonds. The van der Waals surface area contributed by atoms with E-state index in [0.29, 0.717) is 6.07 Å². The Labute approximate surface area is 223 Å². The lowest BCUT2D eigenvalue weighted by Gasteiger charge is -2.23. The van der Waals surface area contributed by atoms with Crippen LogP contribution in [-0.4, -0.2) is 35.7 Å². The lowest BCUT2D eigenvalue weighted by atomic mass is 10.0. The van der Waals surface area contributed by atoms with E-state index in [1.54, 1.807) is 0 Å². The van der Waals surface area contributed by atoms with E-state index in [4.69, 9.17) is 0 Å². The standard InChI is InChI=1S/C27H32F4N4O4/c1-4-21(23(36)25(38)32-15-18-10-11-19(28)13-20(18)27(29,30)31)34-24(37)22(12-16(2)3)35-26(39)33-14-17-8-6-5-7-9-17/h5-11,13,16,21-22H,4,12,14-15H2,1-3H3,(H,32,38)(H,34,37)(H2,33,35,39). The summed E-state index contributed by atoms with van der Waals surface area (Å²) in [6, 6.07) is 8.19. The Morgan fingerprint density at radius 1 is 0.872 bits per heavy atom. The predicted octanol–water partition coefficient (Wildman–Crippen LogP) is 3.84. The highest BCUT2D eigenvalue weighted by molar-refractivity contribution is 6.38. The summed E-state index contributed by atoms with van der Waals surface area (Å²) in [5.41, 5.74) is -0.850. The maximum Gasteiger partial charge on any atom is 0.416 e. The Balaban J connectivity index is 2.01. The van der Waals surface area contributed by atoms with Gasteiger partial charge in [-0.2, -0.15) is 13.2 Å². The van der Waals surface area contributed by atoms with Crippen LogP contribution in [0.25, 0.3) is 0 Å². The van der Waals surface area contributed by atoms with Gasteiger partial charge in [-0.1, -0.05) is 57.2 Å². The molecule has 2 unspecified atom stereocenters. The van der Waals surface area contributed by atoms with Crippen molar-refractivity contribution in [1.82, 2.24) is 21.3 Å². The zero-order chi connectivity index (χ0) is 29.2. The van der Waals surface area contributed by atoms with Gasteiger partial charge in [0, 0.05) is 13.1 Å². The van der Waals surface area contributed by atoms with Crippen molar-refractivity contribution in [2.45, 2.75) is 65.0 Å². The molecule has 39 heavy (non-hydrogen) atoms. The number of rotatable bonds is 12. The summed E-state index contributed by atoms with van der Waals surface area (Å²) >= 11 is 0. The molecule has 0 radical (unpaired) electrons. The molecule has 0 aliphatic rings. The molecule has 212 valence electrons. The van der Waals surface area contributed by atoms with Crippen molar-refractivity contribution in [1.29, 1.82) is 0 Å². The van der Waals surface area contributed by atoms with Crippen LogP contribution in [-0.2, 0) is 33.6 Å². The van der Waals surface area contributed by atoms with E-state index in [0.717, 1.165) is 17.7 Å². The number of carbonyl (C=O) groups excluding carboxylic acids is 4. The third-order valence-corrected chi connectivity index (χ3v) is 5.71. The molecule has 4 N–H and O–H groups in total. The molecule has 12 heteroatoms. The molecule has 8 nitrogen and oxygen atoms in total. The van der Waals surface area contributed by atoms with E-state index in [-0.39, 0.29) is 25.3 Å². The number of Topliss-reactive ketones (excluding diaryl/α,β-unsaturated/α-hetero) is 1. The van der Waals surface area contributed by atoms with Crippen LogP contribution >= 0.6 is 0 Å². The van der Waals surface area contributed by atoms with Gasteiger partial charge in [0.1, 0.15) is 11.9 Å². The summed E-state index contributed by atoms with van der Waals surface area (Å²) in [7, 11) is 0. The van der Waals surface area contributed by atoms with Gasteiger partial charge in [0.2, 0.25) is 11.7 Å². The van der Waals surface area contributed by atoms with Crippen molar-refractivity contribution in [3.63, 3.8) is 0 Å². The van der Waals surface area contributed by atoms with Gasteiger partial charge in [-0.3, -0.25) is 14.4 Å². The zero-order valence-electron chi connectivity index (χ0n) is 21.8. The van der Waals surface area contributed by atoms with Crippen molar-refractivity contribution >= 4 is 23.6 Å². The smallest absolute Gasteiger partial charge is 0.345 e. The van der Waals surface area contributed by atoms with Crippen molar-refractivity contribution in [3.05, 3.63) is 71.0 Å². The molecule has 0 aliphatic carbocycles. The highest BCUT2D eigenvalue weighted by Gasteiger charge is 2.34. The zero-order valence-corrected chi connectivity index (χ0v) is 21.8. The van der Waals surface area contributed by atoms with Gasteiger partial charge >= 0.3 is 12.2 Å². The van der Waals surface area contributed by atoms with Crippen molar-refractivity contribution in [2.24, 2.45) is 5.92 Å². The number of alkyl halides is 3. The van der Waals surface area contributed by atoms with Gasteiger partial charge in [0.05, 0.1) is 11.6 Å². The minimum atomic E-state index is -4.86. The average molecular weight is 553 g/mol. The number of amides is 4. The molecule has 0 heterocycles. The third kappa shape index (κ3) is 10.0. The summed E-state index contributed by atoms with van der Waals surface area (Å²) in [4.78, 5) is 50.5. The molecular formula is C27H32F4N4O4. The van der Waals surface area contributed by atoms with E-state index in [9.17, 15) is 36.7 Å². The molecule has 2 aromatic rings. The van der Waals surface area contributed by atoms with Gasteiger partial charge in [-0.05, 0) is 42.0 Å². The van der Waals surface area contributed by atoms with Crippen molar-refractivity contribution in [3.8, 4) is 0 Å². The third-order valence-electron chi connectivity index (χ3n) is 5.71. The van der Waals surface area contributed by atoms with Gasteiger partial charge in [-0.25, -0.2) is 9.18 Å². The van der Waals surface area contributed by atoms with Crippen LogP contribution in [0.1, 0.15) is 50.3 Å². The van der Waals surface area contributed by atoms with Gasteiger partial charge in [-0.15, -0.1) is 0 Å². The minimum absolute atomic E-state index is 0.00668. The number of nitrogens with one attached hydrogen (secondary N) is 4. The van der Waals surface area contributed by atoms with Crippen molar-refractivity contribution < 1.29 is 36.7 Å². The van der Waals surface area contributed by atoms with E-state index >= 15 is 0 Å². The Morgan fingerprint density at radius 3 is 2.13 bits per heavy atom. The molecule has 0 fully saturated rings. The summed E-state index contributed by atoms with van der Waals surface area (Å²) < 4.78 is 52.9. The molecule has 2 atom stereocenters. The summed E-state index contributed by atoms with van der Waals surface area (Å²) in [6.07, 6.45) is -4.61. The maximum atomic E-state index is 13.3. The molecule has 0 saturated heterocycles. The summed E-state index contributed by atoms with van der Waals surface area (Å²) in [5.74, 6) is -4.08. The second kappa shape index (κ2) is 14.3. The fraction of sp³-hybridized carbons (Fsp3) is 0.407. The molecule has 0 bridgehead atoms. The minimum Gasteiger partial charge on any atom is -0.345 e. The van der Waals surface area contributed by atoms with Crippen LogP contribution in [0.2, 0.25) is 0 Å². The lowest BCUT2D eigenvalue weighted by molar-refractivity contribution is -0.141. The van der Waals surface area contributed by atoms with E-state index in [1.165, 1.54) is 6.92 Å². The molecule has 0 saturated carbocycles. The topological polar surface area (TPSA) is 116 Å². The number of urea groups is 1. The number of carbonyl (C=O) groups is 4. The summed E-state index contributed by atoms with van der Waals surface area (Å²) in [5, 5.41) is 9.78. The van der Waals surface area contributed by atoms with Gasteiger partial charge in [0.15, 0.2) is 0 Å². The van der Waals surface area contributed by atoms with E-state index < -0.39 is 65.4 Å². The second-order valence-electron chi connectivity index (χ2n) is 9.31. The van der Waals surface area contributed by atoms with Crippen LogP contribution < -0.4 is 21.3 Å². The van der Waals surface area contributed by atoms with E-state index in [1.807, 2.05) is 44.2 Å². The Kier molecular flexibility index (Phi) is 11.4. The van der Waals surface area contributed by atoms with Crippen LogP contribution in [0.15, 0.2) is 48.5 Å².